The number of amides is 3. The Morgan fingerprint density at radius 1 is 0.968 bits per heavy atom. The van der Waals surface area contributed by atoms with Gasteiger partial charge in [0, 0.05) is 0 Å². The Bertz CT molecular complexity index is 789. The van der Waals surface area contributed by atoms with Crippen LogP contribution in [0.4, 0.5) is 4.79 Å². The number of carbonyl (C=O) groups excluding carboxylic acids is 4. The minimum atomic E-state index is -1.26. The van der Waals surface area contributed by atoms with Crippen LogP contribution in [-0.2, 0) is 35.3 Å². The number of alkyl carbamates (subject to hydrolysis) is 1. The van der Waals surface area contributed by atoms with Crippen LogP contribution in [0, 0.1) is 0 Å². The summed E-state index contributed by atoms with van der Waals surface area (Å²) in [6.07, 6.45) is -0.857. The van der Waals surface area contributed by atoms with Crippen molar-refractivity contribution in [2.24, 2.45) is 0 Å². The van der Waals surface area contributed by atoms with Gasteiger partial charge in [0.2, 0.25) is 11.8 Å². The third kappa shape index (κ3) is 11.8. The lowest BCUT2D eigenvalue weighted by Crippen LogP contribution is -2.48. The summed E-state index contributed by atoms with van der Waals surface area (Å²) in [5.74, 6) is -3.57. The molecule has 170 valence electrons. The minimum Gasteiger partial charge on any atom is -0.480 e. The van der Waals surface area contributed by atoms with E-state index in [2.05, 4.69) is 10.6 Å². The van der Waals surface area contributed by atoms with E-state index < -0.39 is 61.6 Å². The Kier molecular flexibility index (Phi) is 9.96. The van der Waals surface area contributed by atoms with Crippen molar-refractivity contribution in [1.82, 2.24) is 15.5 Å². The van der Waals surface area contributed by atoms with E-state index in [1.807, 2.05) is 6.07 Å². The van der Waals surface area contributed by atoms with Crippen LogP contribution in [0.15, 0.2) is 30.3 Å². The fourth-order valence-electron chi connectivity index (χ4n) is 2.20. The fraction of sp³-hybridized carbons (Fsp3) is 0.450. The molecule has 0 aliphatic carbocycles. The van der Waals surface area contributed by atoms with Gasteiger partial charge >= 0.3 is 18.0 Å². The van der Waals surface area contributed by atoms with Crippen molar-refractivity contribution in [2.45, 2.75) is 33.0 Å². The van der Waals surface area contributed by atoms with Crippen LogP contribution in [0.5, 0.6) is 0 Å². The molecule has 0 heterocycles. The first-order valence-corrected chi connectivity index (χ1v) is 9.39. The van der Waals surface area contributed by atoms with Gasteiger partial charge in [-0.2, -0.15) is 0 Å². The molecule has 0 unspecified atom stereocenters. The molecular formula is C20H27N3O8. The number of nitrogens with zero attached hydrogens (tertiary/aromatic N) is 1. The van der Waals surface area contributed by atoms with E-state index in [4.69, 9.17) is 14.6 Å². The molecule has 0 aliphatic rings. The molecule has 0 fully saturated rings. The summed E-state index contributed by atoms with van der Waals surface area (Å²) in [5, 5.41) is 13.0. The summed E-state index contributed by atoms with van der Waals surface area (Å²) in [6.45, 7) is 2.59. The van der Waals surface area contributed by atoms with Crippen LogP contribution in [0.1, 0.15) is 26.3 Å². The zero-order chi connectivity index (χ0) is 23.4. The quantitative estimate of drug-likeness (QED) is 0.442. The number of hydrogen-bond acceptors (Lipinski definition) is 7. The highest BCUT2D eigenvalue weighted by Gasteiger charge is 2.24. The van der Waals surface area contributed by atoms with Crippen LogP contribution in [0.2, 0.25) is 0 Å². The summed E-state index contributed by atoms with van der Waals surface area (Å²) in [4.78, 5) is 59.6. The summed E-state index contributed by atoms with van der Waals surface area (Å²) >= 11 is 0. The normalized spacial score (nSPS) is 10.5. The summed E-state index contributed by atoms with van der Waals surface area (Å²) in [6, 6.07) is 8.90. The zero-order valence-electron chi connectivity index (χ0n) is 17.7. The second-order valence-electron chi connectivity index (χ2n) is 7.42. The van der Waals surface area contributed by atoms with Crippen LogP contribution in [0.3, 0.4) is 0 Å². The molecule has 3 N–H and O–H groups in total. The van der Waals surface area contributed by atoms with Gasteiger partial charge in [0.1, 0.15) is 38.4 Å². The standard InChI is InChI=1S/C20H27N3O8/c1-20(2,3)31-18(28)12-23(11-15(24)21-10-17(26)27)16(25)9-22-19(29)30-13-14-7-5-4-6-8-14/h4-8H,9-13H2,1-3H3,(H,21,24)(H,22,29)(H,26,27). The molecule has 1 aromatic rings. The highest BCUT2D eigenvalue weighted by molar-refractivity contribution is 5.90. The van der Waals surface area contributed by atoms with Gasteiger partial charge in [0.25, 0.3) is 0 Å². The highest BCUT2D eigenvalue weighted by Crippen LogP contribution is 2.07. The van der Waals surface area contributed by atoms with Gasteiger partial charge in [-0.05, 0) is 26.3 Å². The molecule has 0 radical (unpaired) electrons. The number of carboxylic acid groups (broad SMARTS) is 1. The number of esters is 1. The van der Waals surface area contributed by atoms with Gasteiger partial charge in [-0.15, -0.1) is 0 Å². The smallest absolute Gasteiger partial charge is 0.407 e. The van der Waals surface area contributed by atoms with E-state index >= 15 is 0 Å². The lowest BCUT2D eigenvalue weighted by Gasteiger charge is -2.25. The molecule has 11 nitrogen and oxygen atoms in total. The van der Waals surface area contributed by atoms with Crippen molar-refractivity contribution in [1.29, 1.82) is 0 Å². The van der Waals surface area contributed by atoms with Crippen LogP contribution in [-0.4, -0.2) is 71.6 Å². The van der Waals surface area contributed by atoms with Crippen LogP contribution in [0.25, 0.3) is 0 Å². The SMILES string of the molecule is CC(C)(C)OC(=O)CN(CC(=O)NCC(=O)O)C(=O)CNC(=O)OCc1ccccc1. The van der Waals surface area contributed by atoms with Crippen LogP contribution < -0.4 is 10.6 Å². The maximum Gasteiger partial charge on any atom is 0.407 e. The molecule has 0 bridgehead atoms. The molecule has 0 aliphatic heterocycles. The van der Waals surface area contributed by atoms with Crippen molar-refractivity contribution in [3.8, 4) is 0 Å². The van der Waals surface area contributed by atoms with E-state index in [9.17, 15) is 24.0 Å². The molecule has 1 aromatic carbocycles. The largest absolute Gasteiger partial charge is 0.480 e. The van der Waals surface area contributed by atoms with Crippen molar-refractivity contribution in [3.63, 3.8) is 0 Å². The average Bonchev–Trinajstić information content (AvgIpc) is 2.67. The first kappa shape index (κ1) is 25.4. The van der Waals surface area contributed by atoms with Gasteiger partial charge in [0.05, 0.1) is 0 Å². The maximum absolute atomic E-state index is 12.4. The van der Waals surface area contributed by atoms with Crippen molar-refractivity contribution < 1.29 is 38.6 Å². The van der Waals surface area contributed by atoms with E-state index in [1.165, 1.54) is 0 Å². The average molecular weight is 437 g/mol. The minimum absolute atomic E-state index is 0.0000803. The number of nitrogens with one attached hydrogen (secondary N) is 2. The lowest BCUT2D eigenvalue weighted by atomic mass is 10.2. The molecular weight excluding hydrogens is 410 g/mol. The first-order chi connectivity index (χ1) is 14.5. The third-order valence-electron chi connectivity index (χ3n) is 3.46. The molecule has 0 spiro atoms. The number of hydrogen-bond donors (Lipinski definition) is 3. The first-order valence-electron chi connectivity index (χ1n) is 9.39. The fourth-order valence-corrected chi connectivity index (χ4v) is 2.20. The van der Waals surface area contributed by atoms with Gasteiger partial charge in [-0.3, -0.25) is 19.2 Å². The third-order valence-corrected chi connectivity index (χ3v) is 3.46. The molecule has 0 aromatic heterocycles. The molecule has 0 saturated heterocycles. The monoisotopic (exact) mass is 437 g/mol. The summed E-state index contributed by atoms with van der Waals surface area (Å²) in [7, 11) is 0. The van der Waals surface area contributed by atoms with E-state index in [-0.39, 0.29) is 6.61 Å². The summed E-state index contributed by atoms with van der Waals surface area (Å²) in [5.41, 5.74) is -0.0535. The molecule has 3 amide bonds. The molecule has 11 heteroatoms. The summed E-state index contributed by atoms with van der Waals surface area (Å²) < 4.78 is 10.1. The second-order valence-corrected chi connectivity index (χ2v) is 7.42. The number of ether oxygens (including phenoxy) is 2. The van der Waals surface area contributed by atoms with Crippen LogP contribution >= 0.6 is 0 Å². The highest BCUT2D eigenvalue weighted by atomic mass is 16.6. The Labute approximate surface area is 179 Å². The molecule has 31 heavy (non-hydrogen) atoms. The molecule has 0 saturated carbocycles. The Balaban J connectivity index is 2.63. The predicted molar refractivity (Wildman–Crippen MR) is 108 cm³/mol. The van der Waals surface area contributed by atoms with Gasteiger partial charge < -0.3 is 30.1 Å². The Morgan fingerprint density at radius 3 is 2.19 bits per heavy atom. The number of carboxylic acids is 1. The topological polar surface area (TPSA) is 151 Å². The zero-order valence-corrected chi connectivity index (χ0v) is 17.7. The van der Waals surface area contributed by atoms with E-state index in [0.717, 1.165) is 10.5 Å². The second kappa shape index (κ2) is 12.2. The van der Waals surface area contributed by atoms with Crippen molar-refractivity contribution in [2.75, 3.05) is 26.2 Å². The van der Waals surface area contributed by atoms with Gasteiger partial charge in [-0.25, -0.2) is 4.79 Å². The Morgan fingerprint density at radius 2 is 1.61 bits per heavy atom. The van der Waals surface area contributed by atoms with E-state index in [1.54, 1.807) is 45.0 Å². The van der Waals surface area contributed by atoms with Crippen molar-refractivity contribution in [3.05, 3.63) is 35.9 Å². The number of carbonyl (C=O) groups is 5. The number of rotatable bonds is 10. The van der Waals surface area contributed by atoms with E-state index in [0.29, 0.717) is 0 Å². The van der Waals surface area contributed by atoms with Gasteiger partial charge in [-0.1, -0.05) is 30.3 Å². The number of aliphatic carboxylic acids is 1. The Hall–Kier alpha value is -3.63. The molecule has 0 atom stereocenters. The maximum atomic E-state index is 12.4. The van der Waals surface area contributed by atoms with Crippen molar-refractivity contribution >= 4 is 29.8 Å². The predicted octanol–water partition coefficient (Wildman–Crippen LogP) is 0.284. The number of benzene rings is 1. The molecule has 1 rings (SSSR count). The lowest BCUT2D eigenvalue weighted by molar-refractivity contribution is -0.159. The van der Waals surface area contributed by atoms with Gasteiger partial charge in [0.15, 0.2) is 0 Å².